The lowest BCUT2D eigenvalue weighted by molar-refractivity contribution is -0.106. The highest BCUT2D eigenvalue weighted by Gasteiger charge is 2.30. The van der Waals surface area contributed by atoms with Crippen molar-refractivity contribution in [2.24, 2.45) is 0 Å². The van der Waals surface area contributed by atoms with Crippen molar-refractivity contribution in [3.05, 3.63) is 34.9 Å². The number of methoxy groups -OCH3 is 1. The monoisotopic (exact) mass is 246 g/mol. The fourth-order valence-electron chi connectivity index (χ4n) is 1.85. The third-order valence-corrected chi connectivity index (χ3v) is 2.93. The Morgan fingerprint density at radius 3 is 2.72 bits per heavy atom. The van der Waals surface area contributed by atoms with Gasteiger partial charge in [-0.1, -0.05) is 0 Å². The van der Waals surface area contributed by atoms with Crippen LogP contribution in [0.2, 0.25) is 0 Å². The highest BCUT2D eigenvalue weighted by atomic mass is 16.5. The van der Waals surface area contributed by atoms with Crippen LogP contribution in [0.4, 0.5) is 0 Å². The number of hydrogen-bond acceptors (Lipinski definition) is 4. The predicted molar refractivity (Wildman–Crippen MR) is 66.5 cm³/mol. The Kier molecular flexibility index (Phi) is 2.95. The molecule has 0 aromatic heterocycles. The Bertz CT molecular complexity index is 541. The van der Waals surface area contributed by atoms with Crippen LogP contribution in [0.3, 0.4) is 0 Å². The number of esters is 1. The molecule has 0 radical (unpaired) electrons. The first-order valence-electron chi connectivity index (χ1n) is 5.56. The summed E-state index contributed by atoms with van der Waals surface area (Å²) in [5, 5.41) is 0. The SMILES string of the molecule is COC(=O)c1ccc2c(c1)C=C(C=O)C(C)(C)O2. The Morgan fingerprint density at radius 2 is 2.11 bits per heavy atom. The maximum Gasteiger partial charge on any atom is 0.337 e. The van der Waals surface area contributed by atoms with Crippen molar-refractivity contribution in [1.82, 2.24) is 0 Å². The molecule has 0 saturated heterocycles. The van der Waals surface area contributed by atoms with Gasteiger partial charge >= 0.3 is 5.97 Å². The van der Waals surface area contributed by atoms with Crippen LogP contribution in [0.25, 0.3) is 6.08 Å². The molecule has 1 aromatic carbocycles. The van der Waals surface area contributed by atoms with Crippen LogP contribution in [0.5, 0.6) is 5.75 Å². The molecular weight excluding hydrogens is 232 g/mol. The molecule has 4 heteroatoms. The third kappa shape index (κ3) is 2.01. The third-order valence-electron chi connectivity index (χ3n) is 2.93. The summed E-state index contributed by atoms with van der Waals surface area (Å²) >= 11 is 0. The van der Waals surface area contributed by atoms with Gasteiger partial charge in [0.15, 0.2) is 0 Å². The van der Waals surface area contributed by atoms with Crippen molar-refractivity contribution in [2.45, 2.75) is 19.4 Å². The van der Waals surface area contributed by atoms with E-state index in [1.165, 1.54) is 7.11 Å². The van der Waals surface area contributed by atoms with Gasteiger partial charge in [-0.25, -0.2) is 4.79 Å². The molecule has 0 aliphatic carbocycles. The second-order valence-corrected chi connectivity index (χ2v) is 4.57. The molecule has 0 fully saturated rings. The Hall–Kier alpha value is -2.10. The van der Waals surface area contributed by atoms with E-state index in [9.17, 15) is 9.59 Å². The van der Waals surface area contributed by atoms with E-state index in [0.29, 0.717) is 22.4 Å². The smallest absolute Gasteiger partial charge is 0.337 e. The maximum atomic E-state index is 11.4. The molecule has 94 valence electrons. The van der Waals surface area contributed by atoms with Crippen LogP contribution in [0.1, 0.15) is 29.8 Å². The van der Waals surface area contributed by atoms with Crippen LogP contribution >= 0.6 is 0 Å². The van der Waals surface area contributed by atoms with Gasteiger partial charge in [0.1, 0.15) is 17.6 Å². The molecule has 18 heavy (non-hydrogen) atoms. The summed E-state index contributed by atoms with van der Waals surface area (Å²) in [6, 6.07) is 5.00. The van der Waals surface area contributed by atoms with Crippen molar-refractivity contribution in [3.8, 4) is 5.75 Å². The second-order valence-electron chi connectivity index (χ2n) is 4.57. The summed E-state index contributed by atoms with van der Waals surface area (Å²) in [7, 11) is 1.33. The molecule has 0 saturated carbocycles. The van der Waals surface area contributed by atoms with Crippen LogP contribution in [0, 0.1) is 0 Å². The van der Waals surface area contributed by atoms with E-state index in [2.05, 4.69) is 4.74 Å². The summed E-state index contributed by atoms with van der Waals surface area (Å²) in [6.07, 6.45) is 2.51. The molecule has 0 spiro atoms. The van der Waals surface area contributed by atoms with Crippen molar-refractivity contribution >= 4 is 18.3 Å². The Balaban J connectivity index is 2.50. The standard InChI is InChI=1S/C14H14O4/c1-14(2)11(8-15)7-10-6-9(13(16)17-3)4-5-12(10)18-14/h4-8H,1-3H3. The summed E-state index contributed by atoms with van der Waals surface area (Å²) in [5.41, 5.74) is 1.03. The van der Waals surface area contributed by atoms with Gasteiger partial charge in [-0.3, -0.25) is 4.79 Å². The van der Waals surface area contributed by atoms with Crippen LogP contribution in [0.15, 0.2) is 23.8 Å². The minimum atomic E-state index is -0.651. The van der Waals surface area contributed by atoms with Gasteiger partial charge in [-0.2, -0.15) is 0 Å². The second kappa shape index (κ2) is 4.29. The van der Waals surface area contributed by atoms with E-state index in [-0.39, 0.29) is 0 Å². The number of carbonyl (C=O) groups excluding carboxylic acids is 2. The quantitative estimate of drug-likeness (QED) is 0.593. The normalized spacial score (nSPS) is 16.1. The molecule has 0 amide bonds. The molecule has 1 aliphatic heterocycles. The molecule has 4 nitrogen and oxygen atoms in total. The Morgan fingerprint density at radius 1 is 1.39 bits per heavy atom. The number of fused-ring (bicyclic) bond motifs is 1. The highest BCUT2D eigenvalue weighted by molar-refractivity contribution is 5.92. The fraction of sp³-hybridized carbons (Fsp3) is 0.286. The van der Waals surface area contributed by atoms with Crippen molar-refractivity contribution in [3.63, 3.8) is 0 Å². The zero-order valence-corrected chi connectivity index (χ0v) is 10.5. The van der Waals surface area contributed by atoms with E-state index in [4.69, 9.17) is 4.74 Å². The minimum Gasteiger partial charge on any atom is -0.482 e. The fourth-order valence-corrected chi connectivity index (χ4v) is 1.85. The zero-order chi connectivity index (χ0) is 13.3. The summed E-state index contributed by atoms with van der Waals surface area (Å²) in [4.78, 5) is 22.4. The summed E-state index contributed by atoms with van der Waals surface area (Å²) in [6.45, 7) is 3.65. The summed E-state index contributed by atoms with van der Waals surface area (Å²) in [5.74, 6) is 0.238. The molecule has 1 aliphatic rings. The number of benzene rings is 1. The van der Waals surface area contributed by atoms with Crippen molar-refractivity contribution < 1.29 is 19.1 Å². The number of aldehydes is 1. The molecule has 0 N–H and O–H groups in total. The van der Waals surface area contributed by atoms with Gasteiger partial charge in [0.2, 0.25) is 0 Å². The lowest BCUT2D eigenvalue weighted by Gasteiger charge is -2.31. The first-order chi connectivity index (χ1) is 8.47. The maximum absolute atomic E-state index is 11.4. The van der Waals surface area contributed by atoms with E-state index in [1.54, 1.807) is 24.3 Å². The summed E-state index contributed by atoms with van der Waals surface area (Å²) < 4.78 is 10.4. The van der Waals surface area contributed by atoms with E-state index in [1.807, 2.05) is 13.8 Å². The van der Waals surface area contributed by atoms with Gasteiger partial charge in [0.05, 0.1) is 12.7 Å². The van der Waals surface area contributed by atoms with Gasteiger partial charge in [-0.15, -0.1) is 0 Å². The largest absolute Gasteiger partial charge is 0.482 e. The average Bonchev–Trinajstić information content (AvgIpc) is 2.35. The van der Waals surface area contributed by atoms with Gasteiger partial charge in [-0.05, 0) is 38.1 Å². The van der Waals surface area contributed by atoms with Gasteiger partial charge in [0.25, 0.3) is 0 Å². The van der Waals surface area contributed by atoms with Crippen LogP contribution < -0.4 is 4.74 Å². The highest BCUT2D eigenvalue weighted by Crippen LogP contribution is 2.35. The van der Waals surface area contributed by atoms with E-state index in [0.717, 1.165) is 6.29 Å². The average molecular weight is 246 g/mol. The van der Waals surface area contributed by atoms with E-state index >= 15 is 0 Å². The molecule has 1 heterocycles. The number of rotatable bonds is 2. The first kappa shape index (κ1) is 12.4. The first-order valence-corrected chi connectivity index (χ1v) is 5.56. The van der Waals surface area contributed by atoms with Gasteiger partial charge in [0, 0.05) is 11.1 Å². The molecule has 0 bridgehead atoms. The van der Waals surface area contributed by atoms with Gasteiger partial charge < -0.3 is 9.47 Å². The van der Waals surface area contributed by atoms with Crippen molar-refractivity contribution in [1.29, 1.82) is 0 Å². The Labute approximate surface area is 105 Å². The molecule has 0 unspecified atom stereocenters. The molecule has 1 aromatic rings. The van der Waals surface area contributed by atoms with Crippen molar-refractivity contribution in [2.75, 3.05) is 7.11 Å². The number of ether oxygens (including phenoxy) is 2. The molecular formula is C14H14O4. The lowest BCUT2D eigenvalue weighted by atomic mass is 9.93. The zero-order valence-electron chi connectivity index (χ0n) is 10.5. The molecule has 2 rings (SSSR count). The number of carbonyl (C=O) groups is 2. The topological polar surface area (TPSA) is 52.6 Å². The molecule has 0 atom stereocenters. The van der Waals surface area contributed by atoms with Crippen LogP contribution in [-0.2, 0) is 9.53 Å². The lowest BCUT2D eigenvalue weighted by Crippen LogP contribution is -2.33. The van der Waals surface area contributed by atoms with Crippen LogP contribution in [-0.4, -0.2) is 25.0 Å². The number of hydrogen-bond donors (Lipinski definition) is 0. The minimum absolute atomic E-state index is 0.413. The predicted octanol–water partition coefficient (Wildman–Crippen LogP) is 2.23. The van der Waals surface area contributed by atoms with E-state index < -0.39 is 11.6 Å².